The van der Waals surface area contributed by atoms with Gasteiger partial charge in [0.2, 0.25) is 5.16 Å². The van der Waals surface area contributed by atoms with Crippen LogP contribution in [0.25, 0.3) is 0 Å². The first-order valence-corrected chi connectivity index (χ1v) is 6.96. The molecular weight excluding hydrogens is 303 g/mol. The molecule has 0 saturated heterocycles. The van der Waals surface area contributed by atoms with E-state index in [0.717, 1.165) is 0 Å². The second-order valence-electron chi connectivity index (χ2n) is 3.82. The fourth-order valence-corrected chi connectivity index (χ4v) is 2.12. The van der Waals surface area contributed by atoms with Gasteiger partial charge in [-0.1, -0.05) is 29.9 Å². The lowest BCUT2D eigenvalue weighted by molar-refractivity contribution is 0.291. The van der Waals surface area contributed by atoms with Gasteiger partial charge in [-0.2, -0.15) is 0 Å². The minimum atomic E-state index is -0.320. The normalized spacial score (nSPS) is 10.5. The van der Waals surface area contributed by atoms with Crippen LogP contribution in [-0.4, -0.2) is 20.6 Å². The summed E-state index contributed by atoms with van der Waals surface area (Å²) in [6.45, 7) is 3.72. The minimum Gasteiger partial charge on any atom is -0.486 e. The van der Waals surface area contributed by atoms with E-state index in [1.807, 2.05) is 0 Å². The third-order valence-electron chi connectivity index (χ3n) is 2.27. The van der Waals surface area contributed by atoms with Crippen molar-refractivity contribution < 1.29 is 9.13 Å². The van der Waals surface area contributed by atoms with Gasteiger partial charge in [0, 0.05) is 10.8 Å². The molecule has 0 unspecified atom stereocenters. The van der Waals surface area contributed by atoms with Gasteiger partial charge in [0.15, 0.2) is 5.82 Å². The number of rotatable bonds is 6. The van der Waals surface area contributed by atoms with Gasteiger partial charge in [0.1, 0.15) is 18.2 Å². The van der Waals surface area contributed by atoms with Crippen molar-refractivity contribution in [2.24, 2.45) is 0 Å². The highest BCUT2D eigenvalue weighted by molar-refractivity contribution is 7.99. The SMILES string of the molecule is C=C(Cl)CSc1nnc(COc2ccc(F)cc2)n1N. The Morgan fingerprint density at radius 3 is 2.75 bits per heavy atom. The van der Waals surface area contributed by atoms with E-state index in [1.54, 1.807) is 0 Å². The van der Waals surface area contributed by atoms with Crippen molar-refractivity contribution in [3.05, 3.63) is 47.5 Å². The Morgan fingerprint density at radius 2 is 2.10 bits per heavy atom. The van der Waals surface area contributed by atoms with E-state index >= 15 is 0 Å². The molecule has 0 atom stereocenters. The zero-order valence-electron chi connectivity index (χ0n) is 10.4. The molecule has 8 heteroatoms. The van der Waals surface area contributed by atoms with E-state index in [0.29, 0.717) is 27.5 Å². The number of hydrogen-bond donors (Lipinski definition) is 1. The Bertz CT molecular complexity index is 602. The van der Waals surface area contributed by atoms with Gasteiger partial charge in [-0.25, -0.2) is 9.07 Å². The standard InChI is InChI=1S/C12H12ClFN4OS/c1-8(13)7-20-12-17-16-11(18(12)15)6-19-10-4-2-9(14)3-5-10/h2-5H,1,6-7,15H2. The second kappa shape index (κ2) is 6.62. The molecule has 0 bridgehead atoms. The van der Waals surface area contributed by atoms with Crippen LogP contribution in [0.3, 0.4) is 0 Å². The van der Waals surface area contributed by atoms with Crippen molar-refractivity contribution in [3.63, 3.8) is 0 Å². The third-order valence-corrected chi connectivity index (χ3v) is 3.60. The van der Waals surface area contributed by atoms with Gasteiger partial charge < -0.3 is 10.6 Å². The van der Waals surface area contributed by atoms with Crippen LogP contribution in [0, 0.1) is 5.82 Å². The van der Waals surface area contributed by atoms with Gasteiger partial charge in [0.25, 0.3) is 0 Å². The molecule has 0 aliphatic rings. The van der Waals surface area contributed by atoms with Gasteiger partial charge >= 0.3 is 0 Å². The molecule has 2 aromatic rings. The van der Waals surface area contributed by atoms with Crippen LogP contribution in [0.2, 0.25) is 0 Å². The molecule has 2 rings (SSSR count). The average molecular weight is 315 g/mol. The Morgan fingerprint density at radius 1 is 1.40 bits per heavy atom. The van der Waals surface area contributed by atoms with Gasteiger partial charge in [-0.05, 0) is 24.3 Å². The summed E-state index contributed by atoms with van der Waals surface area (Å²) in [5.74, 6) is 6.99. The number of nitrogen functional groups attached to an aromatic ring is 1. The summed E-state index contributed by atoms with van der Waals surface area (Å²) < 4.78 is 19.5. The molecule has 0 amide bonds. The number of nitrogens with zero attached hydrogens (tertiary/aromatic N) is 3. The summed E-state index contributed by atoms with van der Waals surface area (Å²) in [6.07, 6.45) is 0. The van der Waals surface area contributed by atoms with Crippen molar-refractivity contribution in [1.29, 1.82) is 0 Å². The first-order chi connectivity index (χ1) is 9.56. The lowest BCUT2D eigenvalue weighted by Crippen LogP contribution is -2.15. The maximum absolute atomic E-state index is 12.7. The van der Waals surface area contributed by atoms with Crippen molar-refractivity contribution >= 4 is 23.4 Å². The summed E-state index contributed by atoms with van der Waals surface area (Å²) in [4.78, 5) is 0. The van der Waals surface area contributed by atoms with Crippen molar-refractivity contribution in [2.75, 3.05) is 11.6 Å². The molecule has 1 heterocycles. The molecule has 20 heavy (non-hydrogen) atoms. The molecule has 0 aliphatic heterocycles. The summed E-state index contributed by atoms with van der Waals surface area (Å²) in [6, 6.07) is 5.69. The zero-order chi connectivity index (χ0) is 14.5. The molecule has 1 aromatic heterocycles. The lowest BCUT2D eigenvalue weighted by atomic mass is 10.3. The van der Waals surface area contributed by atoms with Crippen LogP contribution in [0.5, 0.6) is 5.75 Å². The summed E-state index contributed by atoms with van der Waals surface area (Å²) in [7, 11) is 0. The van der Waals surface area contributed by atoms with Crippen LogP contribution in [0.4, 0.5) is 4.39 Å². The van der Waals surface area contributed by atoms with Crippen LogP contribution in [-0.2, 0) is 6.61 Å². The van der Waals surface area contributed by atoms with E-state index in [4.69, 9.17) is 22.2 Å². The minimum absolute atomic E-state index is 0.136. The van der Waals surface area contributed by atoms with Crippen LogP contribution in [0.1, 0.15) is 5.82 Å². The largest absolute Gasteiger partial charge is 0.486 e. The lowest BCUT2D eigenvalue weighted by Gasteiger charge is -2.06. The Hall–Kier alpha value is -1.73. The molecule has 2 N–H and O–H groups in total. The number of ether oxygens (including phenoxy) is 1. The summed E-state index contributed by atoms with van der Waals surface area (Å²) in [5.41, 5.74) is 0. The molecule has 0 aliphatic carbocycles. The number of hydrogen-bond acceptors (Lipinski definition) is 5. The zero-order valence-corrected chi connectivity index (χ0v) is 12.0. The van der Waals surface area contributed by atoms with Crippen molar-refractivity contribution in [2.45, 2.75) is 11.8 Å². The topological polar surface area (TPSA) is 66.0 Å². The highest BCUT2D eigenvalue weighted by Crippen LogP contribution is 2.19. The fourth-order valence-electron chi connectivity index (χ4n) is 1.33. The van der Waals surface area contributed by atoms with Crippen molar-refractivity contribution in [1.82, 2.24) is 14.9 Å². The number of benzene rings is 1. The van der Waals surface area contributed by atoms with Crippen molar-refractivity contribution in [3.8, 4) is 5.75 Å². The smallest absolute Gasteiger partial charge is 0.210 e. The van der Waals surface area contributed by atoms with E-state index < -0.39 is 0 Å². The molecule has 1 aromatic carbocycles. The second-order valence-corrected chi connectivity index (χ2v) is 5.29. The molecule has 0 saturated carbocycles. The fraction of sp³-hybridized carbons (Fsp3) is 0.167. The molecule has 0 spiro atoms. The maximum Gasteiger partial charge on any atom is 0.210 e. The summed E-state index contributed by atoms with van der Waals surface area (Å²) in [5, 5.41) is 8.87. The van der Waals surface area contributed by atoms with E-state index in [-0.39, 0.29) is 12.4 Å². The molecular formula is C12H12ClFN4OS. The monoisotopic (exact) mass is 314 g/mol. The molecule has 0 fully saturated rings. The maximum atomic E-state index is 12.7. The Kier molecular flexibility index (Phi) is 4.86. The Balaban J connectivity index is 1.96. The van der Waals surface area contributed by atoms with Gasteiger partial charge in [-0.3, -0.25) is 0 Å². The van der Waals surface area contributed by atoms with Gasteiger partial charge in [0.05, 0.1) is 0 Å². The number of aromatic nitrogens is 3. The first-order valence-electron chi connectivity index (χ1n) is 5.60. The highest BCUT2D eigenvalue weighted by Gasteiger charge is 2.11. The molecule has 0 radical (unpaired) electrons. The number of nitrogens with two attached hydrogens (primary N) is 1. The number of thioether (sulfide) groups is 1. The van der Waals surface area contributed by atoms with E-state index in [9.17, 15) is 4.39 Å². The molecule has 106 valence electrons. The van der Waals surface area contributed by atoms with E-state index in [1.165, 1.54) is 40.7 Å². The third kappa shape index (κ3) is 3.88. The van der Waals surface area contributed by atoms with Crippen LogP contribution in [0.15, 0.2) is 41.0 Å². The average Bonchev–Trinajstić information content (AvgIpc) is 2.77. The predicted molar refractivity (Wildman–Crippen MR) is 76.6 cm³/mol. The highest BCUT2D eigenvalue weighted by atomic mass is 35.5. The van der Waals surface area contributed by atoms with E-state index in [2.05, 4.69) is 16.8 Å². The van der Waals surface area contributed by atoms with Crippen LogP contribution >= 0.6 is 23.4 Å². The first kappa shape index (κ1) is 14.7. The Labute approximate surface area is 124 Å². The quantitative estimate of drug-likeness (QED) is 0.655. The number of halogens is 2. The van der Waals surface area contributed by atoms with Gasteiger partial charge in [-0.15, -0.1) is 10.2 Å². The summed E-state index contributed by atoms with van der Waals surface area (Å²) >= 11 is 7.00. The molecule has 5 nitrogen and oxygen atoms in total. The predicted octanol–water partition coefficient (Wildman–Crippen LogP) is 2.55. The van der Waals surface area contributed by atoms with Crippen LogP contribution < -0.4 is 10.6 Å².